The van der Waals surface area contributed by atoms with E-state index in [0.717, 1.165) is 25.0 Å². The summed E-state index contributed by atoms with van der Waals surface area (Å²) in [7, 11) is -2.25. The minimum Gasteiger partial charge on any atom is -0.452 e. The Labute approximate surface area is 147 Å². The third kappa shape index (κ3) is 4.67. The van der Waals surface area contributed by atoms with Gasteiger partial charge in [-0.1, -0.05) is 6.08 Å². The van der Waals surface area contributed by atoms with E-state index in [1.165, 1.54) is 31.3 Å². The summed E-state index contributed by atoms with van der Waals surface area (Å²) in [5, 5.41) is 0. The van der Waals surface area contributed by atoms with Crippen LogP contribution in [0.5, 0.6) is 0 Å². The molecule has 1 aromatic rings. The third-order valence-corrected chi connectivity index (χ3v) is 5.41. The van der Waals surface area contributed by atoms with E-state index in [-0.39, 0.29) is 23.0 Å². The van der Waals surface area contributed by atoms with Gasteiger partial charge < -0.3 is 9.64 Å². The zero-order valence-electron chi connectivity index (χ0n) is 14.3. The number of sulfonamides is 1. The molecule has 1 amide bonds. The quantitative estimate of drug-likeness (QED) is 0.741. The van der Waals surface area contributed by atoms with Crippen molar-refractivity contribution in [3.8, 4) is 0 Å². The molecule has 1 aliphatic carbocycles. The number of nitrogens with zero attached hydrogens (tertiary/aromatic N) is 1. The number of nitrogens with one attached hydrogen (secondary N) is 1. The number of benzene rings is 1. The average Bonchev–Trinajstić information content (AvgIpc) is 3.14. The van der Waals surface area contributed by atoms with Crippen LogP contribution in [0.25, 0.3) is 0 Å². The van der Waals surface area contributed by atoms with E-state index in [9.17, 15) is 18.0 Å². The Morgan fingerprint density at radius 2 is 1.92 bits per heavy atom. The molecular formula is C17H22N2O5S. The number of rotatable bonds is 7. The van der Waals surface area contributed by atoms with Crippen LogP contribution in [0, 0.1) is 0 Å². The van der Waals surface area contributed by atoms with Gasteiger partial charge in [0.15, 0.2) is 6.61 Å². The first kappa shape index (κ1) is 19.1. The van der Waals surface area contributed by atoms with Crippen LogP contribution in [0.15, 0.2) is 40.9 Å². The predicted octanol–water partition coefficient (Wildman–Crippen LogP) is 1.67. The molecule has 0 fully saturated rings. The molecule has 0 saturated carbocycles. The van der Waals surface area contributed by atoms with E-state index in [1.54, 1.807) is 4.90 Å². The van der Waals surface area contributed by atoms with Crippen molar-refractivity contribution in [2.75, 3.05) is 20.2 Å². The highest BCUT2D eigenvalue weighted by Crippen LogP contribution is 2.21. The molecule has 0 aliphatic heterocycles. The lowest BCUT2D eigenvalue weighted by Gasteiger charge is -2.22. The van der Waals surface area contributed by atoms with Crippen LogP contribution < -0.4 is 4.72 Å². The summed E-state index contributed by atoms with van der Waals surface area (Å²) in [5.41, 5.74) is 1.16. The molecule has 136 valence electrons. The SMILES string of the molecule is CCN(C(=O)COC(=O)c1ccc(S(=O)(=O)NC)cc1)C1=CCCC1. The van der Waals surface area contributed by atoms with Crippen LogP contribution in [0.1, 0.15) is 36.5 Å². The van der Waals surface area contributed by atoms with Gasteiger partial charge in [0.1, 0.15) is 0 Å². The lowest BCUT2D eigenvalue weighted by Crippen LogP contribution is -2.33. The molecule has 2 rings (SSSR count). The molecule has 1 N–H and O–H groups in total. The fourth-order valence-corrected chi connectivity index (χ4v) is 3.35. The summed E-state index contributed by atoms with van der Waals surface area (Å²) >= 11 is 0. The Hall–Kier alpha value is -2.19. The number of hydrogen-bond acceptors (Lipinski definition) is 5. The minimum atomic E-state index is -3.56. The molecule has 1 aromatic carbocycles. The highest BCUT2D eigenvalue weighted by Gasteiger charge is 2.20. The number of allylic oxidation sites excluding steroid dienone is 2. The van der Waals surface area contributed by atoms with E-state index < -0.39 is 16.0 Å². The van der Waals surface area contributed by atoms with Gasteiger partial charge in [-0.2, -0.15) is 0 Å². The van der Waals surface area contributed by atoms with Crippen molar-refractivity contribution in [1.82, 2.24) is 9.62 Å². The van der Waals surface area contributed by atoms with Crippen molar-refractivity contribution in [1.29, 1.82) is 0 Å². The van der Waals surface area contributed by atoms with Gasteiger partial charge in [0.05, 0.1) is 10.5 Å². The lowest BCUT2D eigenvalue weighted by molar-refractivity contribution is -0.132. The second kappa shape index (κ2) is 8.26. The number of esters is 1. The second-order valence-corrected chi connectivity index (χ2v) is 7.42. The van der Waals surface area contributed by atoms with Crippen LogP contribution in [-0.4, -0.2) is 45.4 Å². The standard InChI is InChI=1S/C17H22N2O5S/c1-3-19(14-6-4-5-7-14)16(20)12-24-17(21)13-8-10-15(11-9-13)25(22,23)18-2/h6,8-11,18H,3-5,7,12H2,1-2H3. The number of amides is 1. The molecule has 0 spiro atoms. The molecule has 0 saturated heterocycles. The number of likely N-dealkylation sites (N-methyl/N-ethyl adjacent to an activating group) is 1. The van der Waals surface area contributed by atoms with E-state index in [1.807, 2.05) is 13.0 Å². The average molecular weight is 366 g/mol. The molecule has 7 nitrogen and oxygen atoms in total. The summed E-state index contributed by atoms with van der Waals surface area (Å²) in [5.74, 6) is -0.934. The smallest absolute Gasteiger partial charge is 0.338 e. The number of hydrogen-bond donors (Lipinski definition) is 1. The number of ether oxygens (including phenoxy) is 1. The highest BCUT2D eigenvalue weighted by molar-refractivity contribution is 7.89. The molecule has 0 heterocycles. The first-order chi connectivity index (χ1) is 11.9. The minimum absolute atomic E-state index is 0.0490. The summed E-state index contributed by atoms with van der Waals surface area (Å²) in [6, 6.07) is 5.33. The third-order valence-electron chi connectivity index (χ3n) is 3.98. The van der Waals surface area contributed by atoms with Gasteiger partial charge in [0.25, 0.3) is 5.91 Å². The maximum absolute atomic E-state index is 12.2. The van der Waals surface area contributed by atoms with E-state index >= 15 is 0 Å². The molecule has 0 bridgehead atoms. The van der Waals surface area contributed by atoms with Crippen molar-refractivity contribution in [2.24, 2.45) is 0 Å². The zero-order valence-corrected chi connectivity index (χ0v) is 15.1. The van der Waals surface area contributed by atoms with Crippen LogP contribution in [0.3, 0.4) is 0 Å². The highest BCUT2D eigenvalue weighted by atomic mass is 32.2. The van der Waals surface area contributed by atoms with Crippen LogP contribution in [-0.2, 0) is 19.6 Å². The molecule has 0 atom stereocenters. The molecular weight excluding hydrogens is 344 g/mol. The molecule has 25 heavy (non-hydrogen) atoms. The topological polar surface area (TPSA) is 92.8 Å². The van der Waals surface area contributed by atoms with Crippen LogP contribution in [0.4, 0.5) is 0 Å². The Morgan fingerprint density at radius 3 is 2.44 bits per heavy atom. The molecule has 1 aliphatic rings. The van der Waals surface area contributed by atoms with Gasteiger partial charge in [-0.15, -0.1) is 0 Å². The van der Waals surface area contributed by atoms with Gasteiger partial charge in [-0.05, 0) is 57.5 Å². The number of carbonyl (C=O) groups is 2. The normalized spacial score (nSPS) is 14.1. The monoisotopic (exact) mass is 366 g/mol. The van der Waals surface area contributed by atoms with Gasteiger partial charge >= 0.3 is 5.97 Å². The largest absolute Gasteiger partial charge is 0.452 e. The Bertz CT molecular complexity index is 769. The van der Waals surface area contributed by atoms with E-state index in [2.05, 4.69) is 4.72 Å². The van der Waals surface area contributed by atoms with Crippen LogP contribution in [0.2, 0.25) is 0 Å². The first-order valence-electron chi connectivity index (χ1n) is 8.09. The van der Waals surface area contributed by atoms with Gasteiger partial charge in [0, 0.05) is 12.2 Å². The molecule has 8 heteroatoms. The maximum atomic E-state index is 12.2. The van der Waals surface area contributed by atoms with E-state index in [4.69, 9.17) is 4.74 Å². The first-order valence-corrected chi connectivity index (χ1v) is 9.57. The fourth-order valence-electron chi connectivity index (χ4n) is 2.62. The Morgan fingerprint density at radius 1 is 1.24 bits per heavy atom. The van der Waals surface area contributed by atoms with Gasteiger partial charge in [-0.3, -0.25) is 4.79 Å². The summed E-state index contributed by atoms with van der Waals surface area (Å²) in [6.45, 7) is 2.05. The van der Waals surface area contributed by atoms with Crippen molar-refractivity contribution in [3.05, 3.63) is 41.6 Å². The second-order valence-electron chi connectivity index (χ2n) is 5.53. The maximum Gasteiger partial charge on any atom is 0.338 e. The number of carbonyl (C=O) groups excluding carboxylic acids is 2. The Balaban J connectivity index is 1.96. The molecule has 0 aromatic heterocycles. The lowest BCUT2D eigenvalue weighted by atomic mass is 10.2. The van der Waals surface area contributed by atoms with Crippen molar-refractivity contribution in [2.45, 2.75) is 31.1 Å². The molecule has 0 unspecified atom stereocenters. The van der Waals surface area contributed by atoms with Crippen molar-refractivity contribution in [3.63, 3.8) is 0 Å². The summed E-state index contributed by atoms with van der Waals surface area (Å²) < 4.78 is 30.6. The van der Waals surface area contributed by atoms with Gasteiger partial charge in [0.2, 0.25) is 10.0 Å². The molecule has 0 radical (unpaired) electrons. The fraction of sp³-hybridized carbons (Fsp3) is 0.412. The van der Waals surface area contributed by atoms with E-state index in [0.29, 0.717) is 6.54 Å². The summed E-state index contributed by atoms with van der Waals surface area (Å²) in [6.07, 6.45) is 4.88. The van der Waals surface area contributed by atoms with Gasteiger partial charge in [-0.25, -0.2) is 17.9 Å². The van der Waals surface area contributed by atoms with Crippen LogP contribution >= 0.6 is 0 Å². The van der Waals surface area contributed by atoms with Crippen molar-refractivity contribution < 1.29 is 22.7 Å². The predicted molar refractivity (Wildman–Crippen MR) is 92.3 cm³/mol. The summed E-state index contributed by atoms with van der Waals surface area (Å²) in [4.78, 5) is 26.0. The van der Waals surface area contributed by atoms with Crippen molar-refractivity contribution >= 4 is 21.9 Å². The Kier molecular flexibility index (Phi) is 6.33. The zero-order chi connectivity index (χ0) is 18.4.